The minimum absolute atomic E-state index is 0.0709. The fraction of sp³-hybridized carbons (Fsp3) is 0.560. The van der Waals surface area contributed by atoms with E-state index in [4.69, 9.17) is 18.5 Å². The van der Waals surface area contributed by atoms with Crippen LogP contribution in [0, 0.1) is 0 Å². The molecule has 1 N–H and O–H groups in total. The van der Waals surface area contributed by atoms with Crippen LogP contribution in [-0.4, -0.2) is 81.2 Å². The SMILES string of the molecule is CC/C=C\C/C=C\C/C=C\C/C=C\C/C=C\C/C=C\CCC(=O)OC[C@H](COP(=O)([O-])OCC[N+](C)(C)C)OC(=O)CCC/C=C\C/C=C\C=C\[C@@H](O)C/C=C\CCCCC. The first-order valence-corrected chi connectivity index (χ1v) is 23.8. The fourth-order valence-electron chi connectivity index (χ4n) is 5.05. The number of hydrogen-bond donors (Lipinski definition) is 1. The van der Waals surface area contributed by atoms with Crippen molar-refractivity contribution in [2.45, 2.75) is 135 Å². The lowest BCUT2D eigenvalue weighted by Gasteiger charge is -2.28. The quantitative estimate of drug-likeness (QED) is 0.0161. The molecule has 0 aliphatic carbocycles. The number of nitrogens with zero attached hydrogens (tertiary/aromatic N) is 1. The second kappa shape index (κ2) is 40.4. The van der Waals surface area contributed by atoms with Crippen molar-refractivity contribution in [1.29, 1.82) is 0 Å². The van der Waals surface area contributed by atoms with Crippen molar-refractivity contribution < 1.29 is 47.2 Å². The summed E-state index contributed by atoms with van der Waals surface area (Å²) in [6.45, 7) is 3.80. The van der Waals surface area contributed by atoms with E-state index in [1.54, 1.807) is 6.08 Å². The minimum Gasteiger partial charge on any atom is -0.756 e. The van der Waals surface area contributed by atoms with Crippen LogP contribution >= 0.6 is 7.82 Å². The molecule has 0 bridgehead atoms. The predicted octanol–water partition coefficient (Wildman–Crippen LogP) is 11.2. The maximum atomic E-state index is 12.7. The summed E-state index contributed by atoms with van der Waals surface area (Å²) in [6.07, 6.45) is 52.8. The topological polar surface area (TPSA) is 131 Å². The van der Waals surface area contributed by atoms with Gasteiger partial charge in [0, 0.05) is 12.8 Å². The normalized spacial score (nSPS) is 15.2. The minimum atomic E-state index is -4.68. The van der Waals surface area contributed by atoms with Crippen LogP contribution in [0.25, 0.3) is 0 Å². The highest BCUT2D eigenvalue weighted by Crippen LogP contribution is 2.38. The van der Waals surface area contributed by atoms with E-state index < -0.39 is 38.6 Å². The molecule has 0 rings (SSSR count). The fourth-order valence-corrected chi connectivity index (χ4v) is 5.78. The summed E-state index contributed by atoms with van der Waals surface area (Å²) in [6, 6.07) is 0. The maximum Gasteiger partial charge on any atom is 0.306 e. The third kappa shape index (κ3) is 44.2. The first-order chi connectivity index (χ1) is 29.4. The number of phosphoric ester groups is 1. The van der Waals surface area contributed by atoms with Crippen molar-refractivity contribution in [2.24, 2.45) is 0 Å². The molecule has 0 aromatic carbocycles. The average molecular weight is 870 g/mol. The number of allylic oxidation sites excluding steroid dienone is 18. The summed E-state index contributed by atoms with van der Waals surface area (Å²) in [7, 11) is 1.03. The lowest BCUT2D eigenvalue weighted by atomic mass is 10.1. The molecule has 0 saturated carbocycles. The van der Waals surface area contributed by atoms with Crippen molar-refractivity contribution in [1.82, 2.24) is 0 Å². The molecule has 0 spiro atoms. The molecule has 0 aromatic heterocycles. The van der Waals surface area contributed by atoms with E-state index in [0.717, 1.165) is 44.9 Å². The molecule has 3 atom stereocenters. The monoisotopic (exact) mass is 870 g/mol. The number of carbonyl (C=O) groups is 2. The number of quaternary nitrogens is 1. The van der Waals surface area contributed by atoms with Crippen LogP contribution in [-0.2, 0) is 32.7 Å². The Hall–Kier alpha value is -3.63. The van der Waals surface area contributed by atoms with Gasteiger partial charge in [-0.15, -0.1) is 0 Å². The zero-order valence-corrected chi connectivity index (χ0v) is 39.1. The average Bonchev–Trinajstić information content (AvgIpc) is 3.21. The molecule has 61 heavy (non-hydrogen) atoms. The van der Waals surface area contributed by atoms with Crippen molar-refractivity contribution >= 4 is 19.8 Å². The number of aliphatic hydroxyl groups excluding tert-OH is 1. The van der Waals surface area contributed by atoms with Crippen LogP contribution in [0.5, 0.6) is 0 Å². The molecule has 0 aliphatic heterocycles. The van der Waals surface area contributed by atoms with E-state index in [0.29, 0.717) is 43.1 Å². The van der Waals surface area contributed by atoms with Gasteiger partial charge < -0.3 is 33.0 Å². The number of ether oxygens (including phenoxy) is 2. The van der Waals surface area contributed by atoms with Gasteiger partial charge >= 0.3 is 11.9 Å². The van der Waals surface area contributed by atoms with Crippen LogP contribution in [0.4, 0.5) is 0 Å². The van der Waals surface area contributed by atoms with Gasteiger partial charge in [-0.3, -0.25) is 14.2 Å². The lowest BCUT2D eigenvalue weighted by Crippen LogP contribution is -2.37. The lowest BCUT2D eigenvalue weighted by molar-refractivity contribution is -0.870. The molecule has 0 amide bonds. The number of unbranched alkanes of at least 4 members (excludes halogenated alkanes) is 4. The Balaban J connectivity index is 4.66. The number of aliphatic hydroxyl groups is 1. The first kappa shape index (κ1) is 57.4. The molecule has 0 radical (unpaired) electrons. The standard InChI is InChI=1S/C50H80NO9P/c1-6-8-10-12-14-15-16-17-18-19-20-21-22-23-24-25-29-33-37-41-49(53)57-45-48(46-59-61(55,56)58-44-43-51(3,4)5)60-50(54)42-38-34-30-27-26-28-32-36-40-47(52)39-35-31-13-11-9-7-2/h8,10,14-15,17-18,20-21,23-24,27-33,35-36,40,47-48,52H,6-7,9,11-13,16,19,22,25-26,34,37-39,41-46H2,1-5H3/b10-8-,15-14-,18-17-,21-20-,24-23-,30-27-,32-28-,33-29-,35-31-,40-36+/t47-,48+/m0/s1. The Bertz CT molecular complexity index is 1460. The third-order valence-electron chi connectivity index (χ3n) is 8.56. The van der Waals surface area contributed by atoms with Gasteiger partial charge in [0.25, 0.3) is 7.82 Å². The van der Waals surface area contributed by atoms with Crippen molar-refractivity contribution in [3.63, 3.8) is 0 Å². The first-order valence-electron chi connectivity index (χ1n) is 22.4. The van der Waals surface area contributed by atoms with Gasteiger partial charge in [-0.05, 0) is 83.5 Å². The van der Waals surface area contributed by atoms with Crippen LogP contribution in [0.3, 0.4) is 0 Å². The number of phosphoric acid groups is 1. The van der Waals surface area contributed by atoms with Gasteiger partial charge in [-0.1, -0.05) is 148 Å². The van der Waals surface area contributed by atoms with E-state index in [1.807, 2.05) is 69.8 Å². The molecule has 0 aromatic rings. The van der Waals surface area contributed by atoms with E-state index in [1.165, 1.54) is 19.3 Å². The predicted molar refractivity (Wildman–Crippen MR) is 250 cm³/mol. The number of hydrogen-bond acceptors (Lipinski definition) is 9. The zero-order valence-electron chi connectivity index (χ0n) is 38.2. The van der Waals surface area contributed by atoms with E-state index in [-0.39, 0.29) is 26.1 Å². The molecule has 10 nitrogen and oxygen atoms in total. The second-order valence-corrected chi connectivity index (χ2v) is 16.9. The van der Waals surface area contributed by atoms with Gasteiger partial charge in [-0.2, -0.15) is 0 Å². The number of esters is 2. The zero-order chi connectivity index (χ0) is 45.1. The van der Waals surface area contributed by atoms with Gasteiger partial charge in [-0.25, -0.2) is 0 Å². The number of likely N-dealkylation sites (N-methyl/N-ethyl adjacent to an activating group) is 1. The highest BCUT2D eigenvalue weighted by molar-refractivity contribution is 7.45. The van der Waals surface area contributed by atoms with E-state index in [2.05, 4.69) is 80.7 Å². The van der Waals surface area contributed by atoms with Gasteiger partial charge in [0.05, 0.1) is 33.9 Å². The molecule has 1 unspecified atom stereocenters. The smallest absolute Gasteiger partial charge is 0.306 e. The van der Waals surface area contributed by atoms with Crippen LogP contribution in [0.15, 0.2) is 122 Å². The summed E-state index contributed by atoms with van der Waals surface area (Å²) in [5.74, 6) is -1.05. The van der Waals surface area contributed by atoms with Crippen LogP contribution in [0.2, 0.25) is 0 Å². The van der Waals surface area contributed by atoms with Crippen LogP contribution in [0.1, 0.15) is 123 Å². The molecule has 0 heterocycles. The number of rotatable bonds is 38. The highest BCUT2D eigenvalue weighted by Gasteiger charge is 2.21. The summed E-state index contributed by atoms with van der Waals surface area (Å²) >= 11 is 0. The van der Waals surface area contributed by atoms with Gasteiger partial charge in [0.15, 0.2) is 6.10 Å². The molecule has 0 fully saturated rings. The molecule has 344 valence electrons. The Morgan fingerprint density at radius 1 is 0.623 bits per heavy atom. The van der Waals surface area contributed by atoms with Crippen molar-refractivity contribution in [2.75, 3.05) is 47.5 Å². The molecule has 0 aliphatic rings. The Morgan fingerprint density at radius 2 is 1.16 bits per heavy atom. The molecular weight excluding hydrogens is 790 g/mol. The second-order valence-electron chi connectivity index (χ2n) is 15.5. The largest absolute Gasteiger partial charge is 0.756 e. The van der Waals surface area contributed by atoms with Crippen molar-refractivity contribution in [3.8, 4) is 0 Å². The van der Waals surface area contributed by atoms with E-state index in [9.17, 15) is 24.2 Å². The Morgan fingerprint density at radius 3 is 1.75 bits per heavy atom. The highest BCUT2D eigenvalue weighted by atomic mass is 31.2. The summed E-state index contributed by atoms with van der Waals surface area (Å²) in [5, 5.41) is 10.1. The Labute approximate surface area is 370 Å². The summed E-state index contributed by atoms with van der Waals surface area (Å²) in [5.41, 5.74) is 0. The van der Waals surface area contributed by atoms with Crippen LogP contribution < -0.4 is 4.89 Å². The molecule has 11 heteroatoms. The van der Waals surface area contributed by atoms with Gasteiger partial charge in [0.2, 0.25) is 0 Å². The molecule has 0 saturated heterocycles. The Kier molecular flexibility index (Phi) is 38.0. The summed E-state index contributed by atoms with van der Waals surface area (Å²) in [4.78, 5) is 37.5. The summed E-state index contributed by atoms with van der Waals surface area (Å²) < 4.78 is 33.7. The van der Waals surface area contributed by atoms with Gasteiger partial charge in [0.1, 0.15) is 19.8 Å². The maximum absolute atomic E-state index is 12.7. The van der Waals surface area contributed by atoms with Crippen molar-refractivity contribution in [3.05, 3.63) is 122 Å². The van der Waals surface area contributed by atoms with E-state index >= 15 is 0 Å². The third-order valence-corrected chi connectivity index (χ3v) is 9.52. The molecular formula is C50H80NO9P. The number of carbonyl (C=O) groups excluding carboxylic acids is 2.